The van der Waals surface area contributed by atoms with Crippen molar-refractivity contribution in [3.63, 3.8) is 0 Å². The number of rotatable bonds is 3. The van der Waals surface area contributed by atoms with E-state index in [1.165, 1.54) is 12.1 Å². The van der Waals surface area contributed by atoms with Crippen LogP contribution in [0.4, 0.5) is 4.79 Å². The van der Waals surface area contributed by atoms with Crippen LogP contribution in [0.2, 0.25) is 0 Å². The van der Waals surface area contributed by atoms with Crippen molar-refractivity contribution in [1.82, 2.24) is 4.90 Å². The first-order valence-electron chi connectivity index (χ1n) is 5.53. The van der Waals surface area contributed by atoms with E-state index in [2.05, 4.69) is 0 Å². The molecule has 1 saturated heterocycles. The van der Waals surface area contributed by atoms with Gasteiger partial charge in [0.2, 0.25) is 0 Å². The van der Waals surface area contributed by atoms with Crippen LogP contribution in [-0.2, 0) is 4.79 Å². The summed E-state index contributed by atoms with van der Waals surface area (Å²) in [6.07, 6.45) is 1.72. The average Bonchev–Trinajstić information content (AvgIpc) is 2.65. The maximum atomic E-state index is 12.0. The maximum absolute atomic E-state index is 12.0. The van der Waals surface area contributed by atoms with Gasteiger partial charge in [-0.2, -0.15) is 5.26 Å². The third-order valence-corrected chi connectivity index (χ3v) is 3.42. The van der Waals surface area contributed by atoms with Gasteiger partial charge in [-0.25, -0.2) is 0 Å². The van der Waals surface area contributed by atoms with Crippen molar-refractivity contribution in [3.05, 3.63) is 34.7 Å². The molecular weight excluding hydrogens is 264 g/mol. The number of hydrogen-bond acceptors (Lipinski definition) is 5. The van der Waals surface area contributed by atoms with Crippen molar-refractivity contribution < 1.29 is 14.7 Å². The van der Waals surface area contributed by atoms with Gasteiger partial charge in [-0.1, -0.05) is 12.1 Å². The number of thioether (sulfide) groups is 1. The summed E-state index contributed by atoms with van der Waals surface area (Å²) in [5, 5.41) is 17.3. The molecule has 2 rings (SSSR count). The summed E-state index contributed by atoms with van der Waals surface area (Å²) in [6, 6.07) is 8.22. The Bertz CT molecular complexity index is 587. The lowest BCUT2D eigenvalue weighted by Gasteiger charge is -2.08. The largest absolute Gasteiger partial charge is 0.508 e. The van der Waals surface area contributed by atoms with E-state index in [0.717, 1.165) is 22.2 Å². The fourth-order valence-electron chi connectivity index (χ4n) is 1.58. The summed E-state index contributed by atoms with van der Waals surface area (Å²) >= 11 is 0.858. The van der Waals surface area contributed by atoms with Crippen LogP contribution in [0.1, 0.15) is 12.0 Å². The molecule has 1 heterocycles. The molecule has 19 heavy (non-hydrogen) atoms. The molecule has 96 valence electrons. The molecule has 0 atom stereocenters. The number of carbonyl (C=O) groups is 2. The Balaban J connectivity index is 2.18. The van der Waals surface area contributed by atoms with Crippen molar-refractivity contribution in [2.45, 2.75) is 6.42 Å². The van der Waals surface area contributed by atoms with Gasteiger partial charge in [0.1, 0.15) is 5.75 Å². The highest BCUT2D eigenvalue weighted by Crippen LogP contribution is 2.32. The van der Waals surface area contributed by atoms with E-state index in [1.54, 1.807) is 18.2 Å². The molecule has 1 aliphatic heterocycles. The molecule has 1 aliphatic rings. The highest BCUT2D eigenvalue weighted by atomic mass is 32.2. The summed E-state index contributed by atoms with van der Waals surface area (Å²) in [4.78, 5) is 25.0. The van der Waals surface area contributed by atoms with Gasteiger partial charge in [-0.15, -0.1) is 0 Å². The second-order valence-corrected chi connectivity index (χ2v) is 4.83. The number of amides is 2. The molecule has 0 spiro atoms. The lowest BCUT2D eigenvalue weighted by Crippen LogP contribution is -2.28. The van der Waals surface area contributed by atoms with Crippen molar-refractivity contribution in [3.8, 4) is 11.8 Å². The van der Waals surface area contributed by atoms with Crippen LogP contribution in [0.5, 0.6) is 5.75 Å². The van der Waals surface area contributed by atoms with Crippen LogP contribution in [0.3, 0.4) is 0 Å². The Morgan fingerprint density at radius 2 is 2.00 bits per heavy atom. The normalized spacial score (nSPS) is 17.0. The number of hydrogen-bond donors (Lipinski definition) is 1. The summed E-state index contributed by atoms with van der Waals surface area (Å²) in [5.41, 5.74) is 0.726. The number of nitriles is 1. The standard InChI is InChI=1S/C13H10N2O3S/c14-6-1-7-15-12(17)11(19-13(15)18)8-9-2-4-10(16)5-3-9/h2-5,8,16H,1,7H2/b11-8-. The van der Waals surface area contributed by atoms with E-state index in [9.17, 15) is 9.59 Å². The van der Waals surface area contributed by atoms with Crippen molar-refractivity contribution in [2.75, 3.05) is 6.54 Å². The smallest absolute Gasteiger partial charge is 0.293 e. The number of carbonyl (C=O) groups excluding carboxylic acids is 2. The molecule has 0 radical (unpaired) electrons. The number of benzene rings is 1. The molecule has 5 nitrogen and oxygen atoms in total. The first kappa shape index (κ1) is 13.2. The van der Waals surface area contributed by atoms with Crippen molar-refractivity contribution >= 4 is 29.0 Å². The topological polar surface area (TPSA) is 81.4 Å². The molecule has 0 aliphatic carbocycles. The second kappa shape index (κ2) is 5.59. The molecule has 1 aromatic rings. The summed E-state index contributed by atoms with van der Waals surface area (Å²) in [6.45, 7) is 0.119. The van der Waals surface area contributed by atoms with Gasteiger partial charge < -0.3 is 5.11 Å². The zero-order valence-corrected chi connectivity index (χ0v) is 10.7. The first-order valence-corrected chi connectivity index (χ1v) is 6.35. The van der Waals surface area contributed by atoms with Gasteiger partial charge in [0.25, 0.3) is 11.1 Å². The Labute approximate surface area is 114 Å². The number of phenolic OH excluding ortho intramolecular Hbond substituents is 1. The molecular formula is C13H10N2O3S. The van der Waals surface area contributed by atoms with E-state index < -0.39 is 0 Å². The SMILES string of the molecule is N#CCCN1C(=O)S/C(=C\c2ccc(O)cc2)C1=O. The van der Waals surface area contributed by atoms with Crippen LogP contribution in [0, 0.1) is 11.3 Å². The molecule has 0 saturated carbocycles. The molecule has 6 heteroatoms. The van der Waals surface area contributed by atoms with E-state index in [4.69, 9.17) is 10.4 Å². The third-order valence-electron chi connectivity index (χ3n) is 2.51. The molecule has 1 fully saturated rings. The predicted molar refractivity (Wildman–Crippen MR) is 71.0 cm³/mol. The highest BCUT2D eigenvalue weighted by molar-refractivity contribution is 8.18. The quantitative estimate of drug-likeness (QED) is 0.855. The number of imide groups is 1. The zero-order valence-electron chi connectivity index (χ0n) is 9.87. The van der Waals surface area contributed by atoms with Gasteiger partial charge >= 0.3 is 0 Å². The average molecular weight is 274 g/mol. The molecule has 0 aromatic heterocycles. The molecule has 0 bridgehead atoms. The first-order chi connectivity index (χ1) is 9.11. The summed E-state index contributed by atoms with van der Waals surface area (Å²) < 4.78 is 0. The lowest BCUT2D eigenvalue weighted by atomic mass is 10.2. The molecule has 1 N–H and O–H groups in total. The fraction of sp³-hybridized carbons (Fsp3) is 0.154. The van der Waals surface area contributed by atoms with Crippen LogP contribution in [-0.4, -0.2) is 27.7 Å². The minimum atomic E-state index is -0.377. The second-order valence-electron chi connectivity index (χ2n) is 3.83. The minimum absolute atomic E-state index is 0.119. The highest BCUT2D eigenvalue weighted by Gasteiger charge is 2.34. The van der Waals surface area contributed by atoms with Gasteiger partial charge in [0.05, 0.1) is 17.4 Å². The van der Waals surface area contributed by atoms with Crippen LogP contribution in [0.25, 0.3) is 6.08 Å². The Morgan fingerprint density at radius 3 is 2.63 bits per heavy atom. The van der Waals surface area contributed by atoms with E-state index in [-0.39, 0.29) is 29.9 Å². The predicted octanol–water partition coefficient (Wildman–Crippen LogP) is 2.34. The van der Waals surface area contributed by atoms with E-state index >= 15 is 0 Å². The molecule has 1 aromatic carbocycles. The number of nitrogens with zero attached hydrogens (tertiary/aromatic N) is 2. The van der Waals surface area contributed by atoms with Gasteiger partial charge in [-0.05, 0) is 35.5 Å². The van der Waals surface area contributed by atoms with E-state index in [1.807, 2.05) is 6.07 Å². The summed E-state index contributed by atoms with van der Waals surface area (Å²) in [7, 11) is 0. The number of aromatic hydroxyl groups is 1. The van der Waals surface area contributed by atoms with Crippen molar-refractivity contribution in [2.24, 2.45) is 0 Å². The van der Waals surface area contributed by atoms with Gasteiger partial charge in [0.15, 0.2) is 0 Å². The van der Waals surface area contributed by atoms with Crippen molar-refractivity contribution in [1.29, 1.82) is 5.26 Å². The monoisotopic (exact) mass is 274 g/mol. The minimum Gasteiger partial charge on any atom is -0.508 e. The van der Waals surface area contributed by atoms with Crippen LogP contribution < -0.4 is 0 Å². The fourth-order valence-corrected chi connectivity index (χ4v) is 2.44. The maximum Gasteiger partial charge on any atom is 0.293 e. The molecule has 0 unspecified atom stereocenters. The Morgan fingerprint density at radius 1 is 1.32 bits per heavy atom. The summed E-state index contributed by atoms with van der Waals surface area (Å²) in [5.74, 6) is -0.238. The molecule has 2 amide bonds. The van der Waals surface area contributed by atoms with Crippen LogP contribution in [0.15, 0.2) is 29.2 Å². The Hall–Kier alpha value is -2.26. The third kappa shape index (κ3) is 2.95. The lowest BCUT2D eigenvalue weighted by molar-refractivity contribution is -0.122. The van der Waals surface area contributed by atoms with Gasteiger partial charge in [0, 0.05) is 6.54 Å². The van der Waals surface area contributed by atoms with Crippen LogP contribution >= 0.6 is 11.8 Å². The van der Waals surface area contributed by atoms with Gasteiger partial charge in [-0.3, -0.25) is 14.5 Å². The number of phenols is 1. The Kier molecular flexibility index (Phi) is 3.88. The zero-order chi connectivity index (χ0) is 13.8. The van der Waals surface area contributed by atoms with E-state index in [0.29, 0.717) is 4.91 Å².